The lowest BCUT2D eigenvalue weighted by atomic mass is 9.70. The van der Waals surface area contributed by atoms with E-state index in [2.05, 4.69) is 5.10 Å². The summed E-state index contributed by atoms with van der Waals surface area (Å²) in [6.07, 6.45) is 4.90. The van der Waals surface area contributed by atoms with Gasteiger partial charge in [-0.3, -0.25) is 4.79 Å². The van der Waals surface area contributed by atoms with E-state index in [1.165, 1.54) is 12.1 Å². The molecule has 1 unspecified atom stereocenters. The molecule has 0 N–H and O–H groups in total. The van der Waals surface area contributed by atoms with Crippen LogP contribution in [0.1, 0.15) is 30.7 Å². The number of hydrogen-bond acceptors (Lipinski definition) is 2. The summed E-state index contributed by atoms with van der Waals surface area (Å²) in [5.41, 5.74) is 4.32. The van der Waals surface area contributed by atoms with Crippen LogP contribution in [0.4, 0.5) is 4.39 Å². The number of carbonyl (C=O) groups is 1. The van der Waals surface area contributed by atoms with E-state index in [9.17, 15) is 9.18 Å². The van der Waals surface area contributed by atoms with Gasteiger partial charge in [0.25, 0.3) is 0 Å². The molecule has 0 fully saturated rings. The summed E-state index contributed by atoms with van der Waals surface area (Å²) < 4.78 is 15.0. The number of halogens is 1. The first-order chi connectivity index (χ1) is 13.0. The first-order valence-corrected chi connectivity index (χ1v) is 9.06. The van der Waals surface area contributed by atoms with Crippen LogP contribution in [0.5, 0.6) is 0 Å². The number of ketones is 1. The van der Waals surface area contributed by atoms with Crippen LogP contribution in [0.2, 0.25) is 0 Å². The highest BCUT2D eigenvalue weighted by Gasteiger charge is 2.38. The molecule has 1 atom stereocenters. The minimum Gasteiger partial charge on any atom is -0.298 e. The van der Waals surface area contributed by atoms with Gasteiger partial charge in [-0.05, 0) is 61.7 Å². The molecule has 0 aliphatic heterocycles. The van der Waals surface area contributed by atoms with Gasteiger partial charge in [0.1, 0.15) is 11.6 Å². The van der Waals surface area contributed by atoms with Crippen molar-refractivity contribution in [3.63, 3.8) is 0 Å². The van der Waals surface area contributed by atoms with E-state index < -0.39 is 5.41 Å². The standard InChI is InChI=1S/C23H21FN2O/c1-16-12-21-18(15-25-26(21)20-10-8-19(24)9-11-20)14-23(16,2)22(27)13-17-6-4-3-5-7-17/h3-12,15H,13-14H2,1-2H3. The Bertz CT molecular complexity index is 1020. The van der Waals surface area contributed by atoms with Gasteiger partial charge in [0, 0.05) is 6.42 Å². The van der Waals surface area contributed by atoms with Crippen molar-refractivity contribution in [2.45, 2.75) is 26.7 Å². The number of hydrogen-bond donors (Lipinski definition) is 0. The van der Waals surface area contributed by atoms with Crippen molar-refractivity contribution < 1.29 is 9.18 Å². The SMILES string of the molecule is CC1=Cc2c(cnn2-c2ccc(F)cc2)CC1(C)C(=O)Cc1ccccc1. The lowest BCUT2D eigenvalue weighted by molar-refractivity contribution is -0.125. The van der Waals surface area contributed by atoms with E-state index in [-0.39, 0.29) is 11.6 Å². The summed E-state index contributed by atoms with van der Waals surface area (Å²) in [7, 11) is 0. The lowest BCUT2D eigenvalue weighted by Crippen LogP contribution is -2.35. The number of allylic oxidation sites excluding steroid dienone is 1. The van der Waals surface area contributed by atoms with Crippen LogP contribution in [0.15, 0.2) is 66.4 Å². The van der Waals surface area contributed by atoms with E-state index in [0.717, 1.165) is 28.1 Å². The molecule has 136 valence electrons. The maximum Gasteiger partial charge on any atom is 0.147 e. The average Bonchev–Trinajstić information content (AvgIpc) is 3.06. The number of nitrogens with zero attached hydrogens (tertiary/aromatic N) is 2. The predicted octanol–water partition coefficient (Wildman–Crippen LogP) is 4.79. The Morgan fingerprint density at radius 3 is 2.56 bits per heavy atom. The molecule has 4 heteroatoms. The Balaban J connectivity index is 1.66. The van der Waals surface area contributed by atoms with Crippen LogP contribution in [0, 0.1) is 11.2 Å². The molecule has 0 saturated carbocycles. The predicted molar refractivity (Wildman–Crippen MR) is 104 cm³/mol. The molecule has 0 amide bonds. The normalized spacial score (nSPS) is 18.7. The highest BCUT2D eigenvalue weighted by molar-refractivity contribution is 5.91. The van der Waals surface area contributed by atoms with Crippen LogP contribution in [-0.4, -0.2) is 15.6 Å². The van der Waals surface area contributed by atoms with Gasteiger partial charge in [-0.15, -0.1) is 0 Å². The highest BCUT2D eigenvalue weighted by Crippen LogP contribution is 2.40. The van der Waals surface area contributed by atoms with Gasteiger partial charge in [0.05, 0.1) is 23.0 Å². The molecule has 1 aromatic heterocycles. The molecule has 3 nitrogen and oxygen atoms in total. The Morgan fingerprint density at radius 2 is 1.85 bits per heavy atom. The second-order valence-corrected chi connectivity index (χ2v) is 7.37. The molecule has 27 heavy (non-hydrogen) atoms. The van der Waals surface area contributed by atoms with Crippen molar-refractivity contribution in [1.82, 2.24) is 9.78 Å². The molecule has 1 aliphatic carbocycles. The van der Waals surface area contributed by atoms with Gasteiger partial charge in [0.15, 0.2) is 0 Å². The maximum atomic E-state index is 13.2. The van der Waals surface area contributed by atoms with E-state index in [4.69, 9.17) is 0 Å². The highest BCUT2D eigenvalue weighted by atomic mass is 19.1. The second-order valence-electron chi connectivity index (χ2n) is 7.37. The van der Waals surface area contributed by atoms with Crippen LogP contribution in [0.3, 0.4) is 0 Å². The number of Topliss-reactive ketones (excluding diaryl/α,β-unsaturated/α-hetero) is 1. The fourth-order valence-electron chi connectivity index (χ4n) is 3.65. The smallest absolute Gasteiger partial charge is 0.147 e. The molecule has 3 aromatic rings. The van der Waals surface area contributed by atoms with Gasteiger partial charge >= 0.3 is 0 Å². The van der Waals surface area contributed by atoms with Crippen LogP contribution < -0.4 is 0 Å². The fourth-order valence-corrected chi connectivity index (χ4v) is 3.65. The first-order valence-electron chi connectivity index (χ1n) is 9.06. The van der Waals surface area contributed by atoms with Crippen molar-refractivity contribution in [3.8, 4) is 5.69 Å². The zero-order valence-electron chi connectivity index (χ0n) is 15.4. The third-order valence-electron chi connectivity index (χ3n) is 5.55. The van der Waals surface area contributed by atoms with E-state index in [1.807, 2.05) is 56.5 Å². The molecule has 1 aliphatic rings. The maximum absolute atomic E-state index is 13.2. The molecule has 0 radical (unpaired) electrons. The van der Waals surface area contributed by atoms with Crippen molar-refractivity contribution in [2.24, 2.45) is 5.41 Å². The summed E-state index contributed by atoms with van der Waals surface area (Å²) in [4.78, 5) is 13.1. The Hall–Kier alpha value is -3.01. The van der Waals surface area contributed by atoms with Crippen molar-refractivity contribution in [3.05, 3.63) is 89.0 Å². The Labute approximate surface area is 158 Å². The van der Waals surface area contributed by atoms with Crippen LogP contribution >= 0.6 is 0 Å². The molecule has 2 aromatic carbocycles. The number of carbonyl (C=O) groups excluding carboxylic acids is 1. The van der Waals surface area contributed by atoms with Crippen LogP contribution in [0.25, 0.3) is 11.8 Å². The number of aromatic nitrogens is 2. The van der Waals surface area contributed by atoms with Crippen molar-refractivity contribution in [1.29, 1.82) is 0 Å². The minimum absolute atomic E-state index is 0.211. The third-order valence-corrected chi connectivity index (χ3v) is 5.55. The average molecular weight is 360 g/mol. The number of rotatable bonds is 4. The largest absolute Gasteiger partial charge is 0.298 e. The van der Waals surface area contributed by atoms with E-state index in [1.54, 1.807) is 16.8 Å². The molecule has 0 bridgehead atoms. The van der Waals surface area contributed by atoms with E-state index >= 15 is 0 Å². The second kappa shape index (κ2) is 6.62. The van der Waals surface area contributed by atoms with Gasteiger partial charge in [0.2, 0.25) is 0 Å². The summed E-state index contributed by atoms with van der Waals surface area (Å²) in [6.45, 7) is 4.02. The van der Waals surface area contributed by atoms with E-state index in [0.29, 0.717) is 12.8 Å². The summed E-state index contributed by atoms with van der Waals surface area (Å²) in [5.74, 6) is -0.0618. The third kappa shape index (κ3) is 3.12. The van der Waals surface area contributed by atoms with Gasteiger partial charge < -0.3 is 0 Å². The number of fused-ring (bicyclic) bond motifs is 1. The topological polar surface area (TPSA) is 34.9 Å². The molecule has 0 saturated heterocycles. The Morgan fingerprint density at radius 1 is 1.15 bits per heavy atom. The van der Waals surface area contributed by atoms with Crippen molar-refractivity contribution in [2.75, 3.05) is 0 Å². The molecule has 4 rings (SSSR count). The molecule has 1 heterocycles. The summed E-state index contributed by atoms with van der Waals surface area (Å²) in [5, 5.41) is 4.48. The van der Waals surface area contributed by atoms with Crippen LogP contribution in [-0.2, 0) is 17.6 Å². The molecular weight excluding hydrogens is 339 g/mol. The number of benzene rings is 2. The van der Waals surface area contributed by atoms with Crippen molar-refractivity contribution >= 4 is 11.9 Å². The fraction of sp³-hybridized carbons (Fsp3) is 0.217. The monoisotopic (exact) mass is 360 g/mol. The zero-order valence-corrected chi connectivity index (χ0v) is 15.4. The lowest BCUT2D eigenvalue weighted by Gasteiger charge is -2.32. The Kier molecular flexibility index (Phi) is 4.27. The van der Waals surface area contributed by atoms with Gasteiger partial charge in [-0.25, -0.2) is 9.07 Å². The minimum atomic E-state index is -0.542. The first kappa shape index (κ1) is 17.4. The summed E-state index contributed by atoms with van der Waals surface area (Å²) >= 11 is 0. The summed E-state index contributed by atoms with van der Waals surface area (Å²) in [6, 6.07) is 16.1. The molecular formula is C23H21FN2O. The van der Waals surface area contributed by atoms with Gasteiger partial charge in [-0.1, -0.05) is 35.9 Å². The molecule has 0 spiro atoms. The zero-order chi connectivity index (χ0) is 19.0. The quantitative estimate of drug-likeness (QED) is 0.670. The van der Waals surface area contributed by atoms with Gasteiger partial charge in [-0.2, -0.15) is 5.10 Å².